The summed E-state index contributed by atoms with van der Waals surface area (Å²) in [6, 6.07) is 2.00. The lowest BCUT2D eigenvalue weighted by atomic mass is 10.2. The number of nitrogen functional groups attached to an aromatic ring is 1. The Morgan fingerprint density at radius 3 is 3.11 bits per heavy atom. The van der Waals surface area contributed by atoms with E-state index < -0.39 is 0 Å². The predicted molar refractivity (Wildman–Crippen MR) is 70.6 cm³/mol. The van der Waals surface area contributed by atoms with E-state index in [1.807, 2.05) is 4.57 Å². The van der Waals surface area contributed by atoms with Crippen LogP contribution in [-0.2, 0) is 4.74 Å². The summed E-state index contributed by atoms with van der Waals surface area (Å²) in [4.78, 5) is 8.67. The minimum absolute atomic E-state index is 0.183. The Morgan fingerprint density at radius 1 is 1.50 bits per heavy atom. The number of rotatable bonds is 2. The molecule has 0 spiro atoms. The van der Waals surface area contributed by atoms with Crippen LogP contribution in [0.5, 0.6) is 0 Å². The van der Waals surface area contributed by atoms with Gasteiger partial charge >= 0.3 is 0 Å². The van der Waals surface area contributed by atoms with Gasteiger partial charge in [0.05, 0.1) is 17.2 Å². The van der Waals surface area contributed by atoms with Gasteiger partial charge in [-0.05, 0) is 25.3 Å². The standard InChI is InChI=1S/C12H15ClN4O/c1-18-10-4-2-3-9(10)17-11-8(16-12(17)14)5-7(13)6-15-11/h5-6,9-10H,2-4H2,1H3,(H2,14,16). The normalized spacial score (nSPS) is 23.9. The highest BCUT2D eigenvalue weighted by Crippen LogP contribution is 2.36. The molecule has 0 radical (unpaired) electrons. The molecule has 1 aliphatic carbocycles. The van der Waals surface area contributed by atoms with Crippen LogP contribution in [0, 0.1) is 0 Å². The molecular weight excluding hydrogens is 252 g/mol. The van der Waals surface area contributed by atoms with Crippen molar-refractivity contribution in [3.63, 3.8) is 0 Å². The third-order valence-electron chi connectivity index (χ3n) is 3.58. The number of pyridine rings is 1. The molecule has 2 N–H and O–H groups in total. The van der Waals surface area contributed by atoms with E-state index in [4.69, 9.17) is 22.1 Å². The van der Waals surface area contributed by atoms with Crippen molar-refractivity contribution in [3.05, 3.63) is 17.3 Å². The highest BCUT2D eigenvalue weighted by atomic mass is 35.5. The van der Waals surface area contributed by atoms with E-state index in [1.165, 1.54) is 0 Å². The van der Waals surface area contributed by atoms with Gasteiger partial charge in [-0.1, -0.05) is 11.6 Å². The fourth-order valence-corrected chi connectivity index (χ4v) is 2.93. The first-order valence-electron chi connectivity index (χ1n) is 6.02. The first-order chi connectivity index (χ1) is 8.70. The smallest absolute Gasteiger partial charge is 0.202 e. The van der Waals surface area contributed by atoms with Gasteiger partial charge in [0.2, 0.25) is 5.95 Å². The number of nitrogens with two attached hydrogens (primary N) is 1. The Morgan fingerprint density at radius 2 is 2.33 bits per heavy atom. The number of hydrogen-bond donors (Lipinski definition) is 1. The number of methoxy groups -OCH3 is 1. The first-order valence-corrected chi connectivity index (χ1v) is 6.40. The molecule has 2 heterocycles. The third kappa shape index (κ3) is 1.74. The summed E-state index contributed by atoms with van der Waals surface area (Å²) in [7, 11) is 1.74. The van der Waals surface area contributed by atoms with Crippen molar-refractivity contribution in [1.29, 1.82) is 0 Å². The summed E-state index contributed by atoms with van der Waals surface area (Å²) in [6.45, 7) is 0. The van der Waals surface area contributed by atoms with Gasteiger partial charge in [0.15, 0.2) is 5.65 Å². The summed E-state index contributed by atoms with van der Waals surface area (Å²) in [5, 5.41) is 0.571. The lowest BCUT2D eigenvalue weighted by Crippen LogP contribution is -2.22. The van der Waals surface area contributed by atoms with Gasteiger partial charge in [0, 0.05) is 13.3 Å². The highest BCUT2D eigenvalue weighted by Gasteiger charge is 2.31. The highest BCUT2D eigenvalue weighted by molar-refractivity contribution is 6.31. The van der Waals surface area contributed by atoms with Gasteiger partial charge in [-0.2, -0.15) is 0 Å². The van der Waals surface area contributed by atoms with Crippen LogP contribution in [0.25, 0.3) is 11.2 Å². The number of nitrogens with zero attached hydrogens (tertiary/aromatic N) is 3. The minimum Gasteiger partial charge on any atom is -0.379 e. The van der Waals surface area contributed by atoms with Gasteiger partial charge in [0.25, 0.3) is 0 Å². The summed E-state index contributed by atoms with van der Waals surface area (Å²) >= 11 is 5.92. The van der Waals surface area contributed by atoms with Crippen molar-refractivity contribution < 1.29 is 4.74 Å². The van der Waals surface area contributed by atoms with Crippen LogP contribution in [0.4, 0.5) is 5.95 Å². The van der Waals surface area contributed by atoms with Gasteiger partial charge in [0.1, 0.15) is 5.52 Å². The minimum atomic E-state index is 0.183. The Bertz CT molecular complexity index is 583. The van der Waals surface area contributed by atoms with E-state index in [1.54, 1.807) is 19.4 Å². The molecule has 3 rings (SSSR count). The summed E-state index contributed by atoms with van der Waals surface area (Å²) in [5.41, 5.74) is 7.53. The molecule has 2 aromatic rings. The molecule has 0 amide bonds. The molecule has 96 valence electrons. The zero-order chi connectivity index (χ0) is 12.7. The second kappa shape index (κ2) is 4.40. The van der Waals surface area contributed by atoms with Gasteiger partial charge in [-0.25, -0.2) is 9.97 Å². The van der Waals surface area contributed by atoms with E-state index in [0.29, 0.717) is 11.0 Å². The van der Waals surface area contributed by atoms with Crippen LogP contribution < -0.4 is 5.73 Å². The average molecular weight is 267 g/mol. The van der Waals surface area contributed by atoms with Crippen molar-refractivity contribution >= 4 is 28.7 Å². The van der Waals surface area contributed by atoms with Crippen LogP contribution in [0.2, 0.25) is 5.02 Å². The Hall–Kier alpha value is -1.33. The SMILES string of the molecule is COC1CCCC1n1c(N)nc2cc(Cl)cnc21. The molecule has 1 saturated carbocycles. The van der Waals surface area contributed by atoms with Crippen molar-refractivity contribution in [2.24, 2.45) is 0 Å². The van der Waals surface area contributed by atoms with Gasteiger partial charge in [-0.15, -0.1) is 0 Å². The molecule has 2 aromatic heterocycles. The molecule has 1 fully saturated rings. The molecule has 18 heavy (non-hydrogen) atoms. The molecule has 0 aromatic carbocycles. The van der Waals surface area contributed by atoms with E-state index in [9.17, 15) is 0 Å². The van der Waals surface area contributed by atoms with E-state index in [-0.39, 0.29) is 12.1 Å². The molecule has 1 aliphatic rings. The fraction of sp³-hybridized carbons (Fsp3) is 0.500. The molecule has 6 heteroatoms. The molecule has 5 nitrogen and oxygen atoms in total. The zero-order valence-electron chi connectivity index (χ0n) is 10.1. The molecule has 2 unspecified atom stereocenters. The Kier molecular flexibility index (Phi) is 2.87. The van der Waals surface area contributed by atoms with Crippen LogP contribution in [-0.4, -0.2) is 27.7 Å². The maximum absolute atomic E-state index is 6.01. The van der Waals surface area contributed by atoms with E-state index in [0.717, 1.165) is 30.4 Å². The third-order valence-corrected chi connectivity index (χ3v) is 3.78. The molecule has 0 aliphatic heterocycles. The summed E-state index contributed by atoms with van der Waals surface area (Å²) < 4.78 is 7.50. The number of aromatic nitrogens is 3. The van der Waals surface area contributed by atoms with Gasteiger partial charge < -0.3 is 10.5 Å². The summed E-state index contributed by atoms with van der Waals surface area (Å²) in [5.74, 6) is 0.480. The second-order valence-corrected chi connectivity index (χ2v) is 5.05. The van der Waals surface area contributed by atoms with Crippen LogP contribution >= 0.6 is 11.6 Å². The molecule has 0 saturated heterocycles. The zero-order valence-corrected chi connectivity index (χ0v) is 10.9. The van der Waals surface area contributed by atoms with Crippen molar-refractivity contribution in [2.45, 2.75) is 31.4 Å². The van der Waals surface area contributed by atoms with Crippen LogP contribution in [0.1, 0.15) is 25.3 Å². The lowest BCUT2D eigenvalue weighted by molar-refractivity contribution is 0.0767. The number of halogens is 1. The molecular formula is C12H15ClN4O. The average Bonchev–Trinajstić information content (AvgIpc) is 2.90. The number of imidazole rings is 1. The maximum atomic E-state index is 6.01. The first kappa shape index (κ1) is 11.7. The van der Waals surface area contributed by atoms with Crippen LogP contribution in [0.3, 0.4) is 0 Å². The number of anilines is 1. The lowest BCUT2D eigenvalue weighted by Gasteiger charge is -2.20. The maximum Gasteiger partial charge on any atom is 0.202 e. The molecule has 2 atom stereocenters. The quantitative estimate of drug-likeness (QED) is 0.906. The monoisotopic (exact) mass is 266 g/mol. The topological polar surface area (TPSA) is 66.0 Å². The number of hydrogen-bond acceptors (Lipinski definition) is 4. The largest absolute Gasteiger partial charge is 0.379 e. The van der Waals surface area contributed by atoms with Crippen molar-refractivity contribution in [3.8, 4) is 0 Å². The van der Waals surface area contributed by atoms with Gasteiger partial charge in [-0.3, -0.25) is 4.57 Å². The van der Waals surface area contributed by atoms with Crippen molar-refractivity contribution in [1.82, 2.24) is 14.5 Å². The fourth-order valence-electron chi connectivity index (χ4n) is 2.78. The van der Waals surface area contributed by atoms with E-state index in [2.05, 4.69) is 9.97 Å². The Labute approximate surface area is 110 Å². The summed E-state index contributed by atoms with van der Waals surface area (Å²) in [6.07, 6.45) is 5.03. The number of ether oxygens (including phenoxy) is 1. The van der Waals surface area contributed by atoms with Crippen LogP contribution in [0.15, 0.2) is 12.3 Å². The Balaban J connectivity index is 2.13. The van der Waals surface area contributed by atoms with Crippen molar-refractivity contribution in [2.75, 3.05) is 12.8 Å². The predicted octanol–water partition coefficient (Wildman–Crippen LogP) is 2.41. The molecule has 0 bridgehead atoms. The number of fused-ring (bicyclic) bond motifs is 1. The second-order valence-electron chi connectivity index (χ2n) is 4.61. The van der Waals surface area contributed by atoms with E-state index >= 15 is 0 Å².